The van der Waals surface area contributed by atoms with E-state index in [0.717, 1.165) is 5.39 Å². The van der Waals surface area contributed by atoms with E-state index in [0.29, 0.717) is 0 Å². The highest BCUT2D eigenvalue weighted by molar-refractivity contribution is 6.08. The van der Waals surface area contributed by atoms with Gasteiger partial charge in [0.05, 0.1) is 0 Å². The fourth-order valence-corrected chi connectivity index (χ4v) is 3.49. The molecule has 0 N–H and O–H groups in total. The van der Waals surface area contributed by atoms with E-state index in [1.165, 1.54) is 38.1 Å². The molecule has 0 atom stereocenters. The second kappa shape index (κ2) is 5.21. The van der Waals surface area contributed by atoms with Gasteiger partial charge >= 0.3 is 0 Å². The fourth-order valence-electron chi connectivity index (χ4n) is 3.49. The fraction of sp³-hybridized carbons (Fsp3) is 0. The summed E-state index contributed by atoms with van der Waals surface area (Å²) in [5.41, 5.74) is 2.50. The number of fused-ring (bicyclic) bond motifs is 4. The van der Waals surface area contributed by atoms with Crippen LogP contribution in [0.15, 0.2) is 91.0 Å². The highest BCUT2D eigenvalue weighted by atomic mass is 14.1. The van der Waals surface area contributed by atoms with Crippen molar-refractivity contribution in [1.82, 2.24) is 0 Å². The Morgan fingerprint density at radius 3 is 2.17 bits per heavy atom. The van der Waals surface area contributed by atoms with E-state index in [1.807, 2.05) is 12.1 Å². The second-order valence-electron chi connectivity index (χ2n) is 6.19. The van der Waals surface area contributed by atoms with E-state index in [9.17, 15) is 0 Å². The Balaban J connectivity index is 1.72. The second-order valence-corrected chi connectivity index (χ2v) is 6.19. The first kappa shape index (κ1) is 13.3. The molecule has 0 saturated heterocycles. The largest absolute Gasteiger partial charge is 0.0616 e. The van der Waals surface area contributed by atoms with Crippen molar-refractivity contribution in [3.8, 4) is 11.1 Å². The SMILES string of the molecule is [c]1cccc2cc(-c3ccc4c(ccc5ccccc54)c3)ccc12. The zero-order valence-electron chi connectivity index (χ0n) is 13.2. The van der Waals surface area contributed by atoms with Gasteiger partial charge in [-0.1, -0.05) is 78.9 Å². The van der Waals surface area contributed by atoms with Crippen molar-refractivity contribution < 1.29 is 0 Å². The molecule has 5 aromatic carbocycles. The molecule has 0 amide bonds. The highest BCUT2D eigenvalue weighted by Crippen LogP contribution is 2.30. The normalized spacial score (nSPS) is 11.3. The zero-order chi connectivity index (χ0) is 15.9. The van der Waals surface area contributed by atoms with Crippen LogP contribution in [-0.2, 0) is 0 Å². The molecule has 0 heteroatoms. The molecule has 0 aliphatic carbocycles. The topological polar surface area (TPSA) is 0 Å². The van der Waals surface area contributed by atoms with Crippen LogP contribution in [0.1, 0.15) is 0 Å². The van der Waals surface area contributed by atoms with Crippen LogP contribution in [-0.4, -0.2) is 0 Å². The van der Waals surface area contributed by atoms with Gasteiger partial charge in [-0.2, -0.15) is 0 Å². The van der Waals surface area contributed by atoms with Gasteiger partial charge in [0.1, 0.15) is 0 Å². The molecule has 5 aromatic rings. The summed E-state index contributed by atoms with van der Waals surface area (Å²) in [7, 11) is 0. The zero-order valence-corrected chi connectivity index (χ0v) is 13.2. The van der Waals surface area contributed by atoms with Crippen LogP contribution in [0.3, 0.4) is 0 Å². The first-order chi connectivity index (χ1) is 11.9. The van der Waals surface area contributed by atoms with Crippen LogP contribution >= 0.6 is 0 Å². The average Bonchev–Trinajstić information content (AvgIpc) is 2.67. The van der Waals surface area contributed by atoms with Crippen LogP contribution in [0.5, 0.6) is 0 Å². The maximum absolute atomic E-state index is 3.28. The third-order valence-electron chi connectivity index (χ3n) is 4.74. The maximum atomic E-state index is 3.28. The molecule has 111 valence electrons. The molecular formula is C24H15. The van der Waals surface area contributed by atoms with Crippen LogP contribution in [0, 0.1) is 6.07 Å². The summed E-state index contributed by atoms with van der Waals surface area (Å²) < 4.78 is 0. The van der Waals surface area contributed by atoms with Crippen molar-refractivity contribution in [2.75, 3.05) is 0 Å². The molecule has 0 nitrogen and oxygen atoms in total. The van der Waals surface area contributed by atoms with Gasteiger partial charge in [-0.25, -0.2) is 0 Å². The predicted molar refractivity (Wildman–Crippen MR) is 103 cm³/mol. The molecule has 0 bridgehead atoms. The maximum Gasteiger partial charge on any atom is -0.00992 e. The minimum Gasteiger partial charge on any atom is -0.0616 e. The Morgan fingerprint density at radius 1 is 0.500 bits per heavy atom. The molecule has 24 heavy (non-hydrogen) atoms. The van der Waals surface area contributed by atoms with E-state index in [1.54, 1.807) is 0 Å². The lowest BCUT2D eigenvalue weighted by atomic mass is 9.96. The van der Waals surface area contributed by atoms with E-state index in [4.69, 9.17) is 0 Å². The molecule has 5 rings (SSSR count). The summed E-state index contributed by atoms with van der Waals surface area (Å²) in [4.78, 5) is 0. The highest BCUT2D eigenvalue weighted by Gasteiger charge is 2.04. The summed E-state index contributed by atoms with van der Waals surface area (Å²) in [6, 6.07) is 35.7. The van der Waals surface area contributed by atoms with E-state index in [-0.39, 0.29) is 0 Å². The van der Waals surface area contributed by atoms with Gasteiger partial charge in [0, 0.05) is 0 Å². The van der Waals surface area contributed by atoms with Crippen molar-refractivity contribution in [2.24, 2.45) is 0 Å². The monoisotopic (exact) mass is 303 g/mol. The Labute approximate surface area is 141 Å². The smallest absolute Gasteiger partial charge is 0.00992 e. The van der Waals surface area contributed by atoms with Crippen LogP contribution < -0.4 is 0 Å². The van der Waals surface area contributed by atoms with Crippen molar-refractivity contribution in [3.63, 3.8) is 0 Å². The Kier molecular flexibility index (Phi) is 2.89. The molecule has 0 aromatic heterocycles. The van der Waals surface area contributed by atoms with Gasteiger partial charge in [-0.3, -0.25) is 0 Å². The predicted octanol–water partition coefficient (Wildman–Crippen LogP) is 6.61. The molecule has 0 saturated carbocycles. The number of hydrogen-bond donors (Lipinski definition) is 0. The van der Waals surface area contributed by atoms with Crippen molar-refractivity contribution in [3.05, 3.63) is 97.1 Å². The lowest BCUT2D eigenvalue weighted by molar-refractivity contribution is 1.68. The van der Waals surface area contributed by atoms with Crippen LogP contribution in [0.25, 0.3) is 43.4 Å². The average molecular weight is 303 g/mol. The van der Waals surface area contributed by atoms with Gasteiger partial charge < -0.3 is 0 Å². The van der Waals surface area contributed by atoms with Gasteiger partial charge in [-0.15, -0.1) is 0 Å². The molecule has 0 unspecified atom stereocenters. The van der Waals surface area contributed by atoms with E-state index in [2.05, 4.69) is 84.9 Å². The first-order valence-corrected chi connectivity index (χ1v) is 8.21. The Bertz CT molecular complexity index is 1200. The van der Waals surface area contributed by atoms with Crippen LogP contribution in [0.2, 0.25) is 0 Å². The van der Waals surface area contributed by atoms with E-state index < -0.39 is 0 Å². The summed E-state index contributed by atoms with van der Waals surface area (Å²) in [6.07, 6.45) is 0. The lowest BCUT2D eigenvalue weighted by Crippen LogP contribution is -1.82. The third-order valence-corrected chi connectivity index (χ3v) is 4.74. The van der Waals surface area contributed by atoms with Gasteiger partial charge in [0.15, 0.2) is 0 Å². The Hall–Kier alpha value is -3.12. The lowest BCUT2D eigenvalue weighted by Gasteiger charge is -2.08. The summed E-state index contributed by atoms with van der Waals surface area (Å²) in [5, 5.41) is 7.59. The first-order valence-electron chi connectivity index (χ1n) is 8.21. The third kappa shape index (κ3) is 2.08. The molecule has 0 aliphatic heterocycles. The number of rotatable bonds is 1. The van der Waals surface area contributed by atoms with Crippen molar-refractivity contribution >= 4 is 32.3 Å². The molecule has 0 spiro atoms. The minimum atomic E-state index is 1.16. The minimum absolute atomic E-state index is 1.16. The quantitative estimate of drug-likeness (QED) is 0.305. The van der Waals surface area contributed by atoms with Crippen molar-refractivity contribution in [2.45, 2.75) is 0 Å². The summed E-state index contributed by atoms with van der Waals surface area (Å²) in [6.45, 7) is 0. The summed E-state index contributed by atoms with van der Waals surface area (Å²) >= 11 is 0. The number of benzene rings is 5. The standard InChI is InChI=1S/C24H15/c1-2-7-19-15-20(11-9-17(19)5-1)21-13-14-24-22(16-21)12-10-18-6-3-4-8-23(18)24/h1-4,6-16H. The summed E-state index contributed by atoms with van der Waals surface area (Å²) in [5.74, 6) is 0. The van der Waals surface area contributed by atoms with E-state index >= 15 is 0 Å². The number of hydrogen-bond acceptors (Lipinski definition) is 0. The molecule has 1 radical (unpaired) electrons. The van der Waals surface area contributed by atoms with Gasteiger partial charge in [-0.05, 0) is 61.6 Å². The van der Waals surface area contributed by atoms with Gasteiger partial charge in [0.25, 0.3) is 0 Å². The van der Waals surface area contributed by atoms with Crippen LogP contribution in [0.4, 0.5) is 0 Å². The molecule has 0 fully saturated rings. The van der Waals surface area contributed by atoms with Crippen molar-refractivity contribution in [1.29, 1.82) is 0 Å². The van der Waals surface area contributed by atoms with Gasteiger partial charge in [0.2, 0.25) is 0 Å². The molecule has 0 heterocycles. The Morgan fingerprint density at radius 2 is 1.21 bits per heavy atom. The molecular weight excluding hydrogens is 288 g/mol. The molecule has 0 aliphatic rings.